The quantitative estimate of drug-likeness (QED) is 0.466. The van der Waals surface area contributed by atoms with Crippen LogP contribution in [0.3, 0.4) is 0 Å². The number of rotatable bonds is 4. The molecule has 0 saturated carbocycles. The van der Waals surface area contributed by atoms with E-state index in [0.29, 0.717) is 12.3 Å². The van der Waals surface area contributed by atoms with Crippen molar-refractivity contribution in [3.8, 4) is 5.75 Å². The molecular formula is C10H14N4OS. The van der Waals surface area contributed by atoms with Crippen LogP contribution in [0.1, 0.15) is 19.5 Å². The van der Waals surface area contributed by atoms with E-state index in [1.54, 1.807) is 6.20 Å². The second-order valence-electron chi connectivity index (χ2n) is 2.99. The first-order valence-electron chi connectivity index (χ1n) is 4.82. The van der Waals surface area contributed by atoms with Crippen LogP contribution in [0.5, 0.6) is 5.75 Å². The lowest BCUT2D eigenvalue weighted by Crippen LogP contribution is -2.25. The van der Waals surface area contributed by atoms with Crippen LogP contribution < -0.4 is 15.9 Å². The van der Waals surface area contributed by atoms with Crippen LogP contribution in [0.2, 0.25) is 0 Å². The van der Waals surface area contributed by atoms with Crippen LogP contribution in [0.4, 0.5) is 0 Å². The minimum atomic E-state index is 0.130. The maximum absolute atomic E-state index is 5.28. The first-order valence-corrected chi connectivity index (χ1v) is 5.23. The van der Waals surface area contributed by atoms with Gasteiger partial charge in [-0.25, -0.2) is 0 Å². The predicted molar refractivity (Wildman–Crippen MR) is 67.5 cm³/mol. The SMILES string of the molecule is CCOc1ccc(/C(C)=N/NC(N)=S)nc1. The van der Waals surface area contributed by atoms with Crippen LogP contribution in [0, 0.1) is 0 Å². The molecule has 5 nitrogen and oxygen atoms in total. The van der Waals surface area contributed by atoms with E-state index in [-0.39, 0.29) is 5.11 Å². The van der Waals surface area contributed by atoms with Crippen LogP contribution in [-0.2, 0) is 0 Å². The van der Waals surface area contributed by atoms with E-state index in [1.807, 2.05) is 26.0 Å². The van der Waals surface area contributed by atoms with Gasteiger partial charge < -0.3 is 10.5 Å². The normalized spacial score (nSPS) is 11.0. The molecule has 0 aliphatic heterocycles. The summed E-state index contributed by atoms with van der Waals surface area (Å²) >= 11 is 4.64. The Labute approximate surface area is 99.7 Å². The first-order chi connectivity index (χ1) is 7.63. The summed E-state index contributed by atoms with van der Waals surface area (Å²) in [5, 5.41) is 4.10. The molecule has 0 spiro atoms. The minimum absolute atomic E-state index is 0.130. The molecule has 0 unspecified atom stereocenters. The van der Waals surface area contributed by atoms with Crippen molar-refractivity contribution >= 4 is 23.0 Å². The molecule has 1 heterocycles. The summed E-state index contributed by atoms with van der Waals surface area (Å²) in [4.78, 5) is 4.20. The van der Waals surface area contributed by atoms with E-state index < -0.39 is 0 Å². The maximum Gasteiger partial charge on any atom is 0.184 e. The van der Waals surface area contributed by atoms with Gasteiger partial charge >= 0.3 is 0 Å². The van der Waals surface area contributed by atoms with Gasteiger partial charge in [0.15, 0.2) is 5.11 Å². The van der Waals surface area contributed by atoms with Gasteiger partial charge in [-0.05, 0) is 38.2 Å². The van der Waals surface area contributed by atoms with Crippen molar-refractivity contribution in [1.82, 2.24) is 10.4 Å². The van der Waals surface area contributed by atoms with Crippen molar-refractivity contribution in [3.63, 3.8) is 0 Å². The first kappa shape index (κ1) is 12.4. The van der Waals surface area contributed by atoms with Crippen LogP contribution in [0.15, 0.2) is 23.4 Å². The highest BCUT2D eigenvalue weighted by Gasteiger charge is 2.00. The highest BCUT2D eigenvalue weighted by molar-refractivity contribution is 7.80. The number of nitrogens with zero attached hydrogens (tertiary/aromatic N) is 2. The van der Waals surface area contributed by atoms with Crippen molar-refractivity contribution < 1.29 is 4.74 Å². The molecule has 0 bridgehead atoms. The Bertz CT molecular complexity index is 388. The van der Waals surface area contributed by atoms with Crippen LogP contribution in [-0.4, -0.2) is 22.4 Å². The molecule has 0 aliphatic carbocycles. The molecule has 0 amide bonds. The number of hydrogen-bond acceptors (Lipinski definition) is 4. The average molecular weight is 238 g/mol. The molecule has 0 aliphatic rings. The van der Waals surface area contributed by atoms with Gasteiger partial charge in [-0.2, -0.15) is 5.10 Å². The van der Waals surface area contributed by atoms with Gasteiger partial charge in [0.1, 0.15) is 5.75 Å². The highest BCUT2D eigenvalue weighted by atomic mass is 32.1. The number of aromatic nitrogens is 1. The van der Waals surface area contributed by atoms with Crippen LogP contribution in [0.25, 0.3) is 0 Å². The summed E-state index contributed by atoms with van der Waals surface area (Å²) in [6.07, 6.45) is 1.65. The Balaban J connectivity index is 2.73. The third kappa shape index (κ3) is 3.82. The van der Waals surface area contributed by atoms with E-state index >= 15 is 0 Å². The molecule has 1 aromatic heterocycles. The van der Waals surface area contributed by atoms with Gasteiger partial charge in [-0.3, -0.25) is 10.4 Å². The Morgan fingerprint density at radius 2 is 2.38 bits per heavy atom. The third-order valence-electron chi connectivity index (χ3n) is 1.75. The smallest absolute Gasteiger partial charge is 0.184 e. The number of hydrazone groups is 1. The van der Waals surface area contributed by atoms with E-state index in [1.165, 1.54) is 0 Å². The second-order valence-corrected chi connectivity index (χ2v) is 3.43. The van der Waals surface area contributed by atoms with E-state index in [2.05, 4.69) is 27.7 Å². The maximum atomic E-state index is 5.28. The lowest BCUT2D eigenvalue weighted by molar-refractivity contribution is 0.339. The predicted octanol–water partition coefficient (Wildman–Crippen LogP) is 1.04. The molecule has 0 fully saturated rings. The Hall–Kier alpha value is -1.69. The number of nitrogens with one attached hydrogen (secondary N) is 1. The number of ether oxygens (including phenoxy) is 1. The van der Waals surface area contributed by atoms with Gasteiger partial charge in [0.05, 0.1) is 24.2 Å². The van der Waals surface area contributed by atoms with Gasteiger partial charge in [-0.15, -0.1) is 0 Å². The van der Waals surface area contributed by atoms with Crippen molar-refractivity contribution in [2.45, 2.75) is 13.8 Å². The Morgan fingerprint density at radius 1 is 1.62 bits per heavy atom. The lowest BCUT2D eigenvalue weighted by Gasteiger charge is -2.04. The van der Waals surface area contributed by atoms with Crippen molar-refractivity contribution in [2.24, 2.45) is 10.8 Å². The molecule has 6 heteroatoms. The molecule has 16 heavy (non-hydrogen) atoms. The molecule has 1 aromatic rings. The largest absolute Gasteiger partial charge is 0.492 e. The molecule has 0 radical (unpaired) electrons. The molecule has 86 valence electrons. The Morgan fingerprint density at radius 3 is 2.88 bits per heavy atom. The van der Waals surface area contributed by atoms with Crippen molar-refractivity contribution in [2.75, 3.05) is 6.61 Å². The van der Waals surface area contributed by atoms with Crippen molar-refractivity contribution in [3.05, 3.63) is 24.0 Å². The number of pyridine rings is 1. The van der Waals surface area contributed by atoms with E-state index in [9.17, 15) is 0 Å². The summed E-state index contributed by atoms with van der Waals surface area (Å²) in [5.74, 6) is 0.737. The molecule has 1 rings (SSSR count). The fourth-order valence-electron chi connectivity index (χ4n) is 1.04. The van der Waals surface area contributed by atoms with Crippen LogP contribution >= 0.6 is 12.2 Å². The van der Waals surface area contributed by atoms with Crippen molar-refractivity contribution in [1.29, 1.82) is 0 Å². The minimum Gasteiger partial charge on any atom is -0.492 e. The molecule has 0 atom stereocenters. The van der Waals surface area contributed by atoms with Gasteiger partial charge in [-0.1, -0.05) is 0 Å². The van der Waals surface area contributed by atoms with E-state index in [4.69, 9.17) is 10.5 Å². The van der Waals surface area contributed by atoms with E-state index in [0.717, 1.165) is 11.4 Å². The summed E-state index contributed by atoms with van der Waals surface area (Å²) in [6, 6.07) is 3.66. The number of nitrogens with two attached hydrogens (primary N) is 1. The number of hydrogen-bond donors (Lipinski definition) is 2. The molecule has 0 aromatic carbocycles. The van der Waals surface area contributed by atoms with Gasteiger partial charge in [0, 0.05) is 0 Å². The summed E-state index contributed by atoms with van der Waals surface area (Å²) in [5.41, 5.74) is 9.21. The zero-order valence-corrected chi connectivity index (χ0v) is 10.0. The molecular weight excluding hydrogens is 224 g/mol. The average Bonchev–Trinajstić information content (AvgIpc) is 2.27. The molecule has 0 saturated heterocycles. The van der Waals surface area contributed by atoms with Gasteiger partial charge in [0.2, 0.25) is 0 Å². The fraction of sp³-hybridized carbons (Fsp3) is 0.300. The third-order valence-corrected chi connectivity index (χ3v) is 1.84. The summed E-state index contributed by atoms with van der Waals surface area (Å²) in [7, 11) is 0. The highest BCUT2D eigenvalue weighted by Crippen LogP contribution is 2.09. The zero-order valence-electron chi connectivity index (χ0n) is 9.23. The lowest BCUT2D eigenvalue weighted by atomic mass is 10.2. The monoisotopic (exact) mass is 238 g/mol. The Kier molecular flexibility index (Phi) is 4.65. The zero-order chi connectivity index (χ0) is 12.0. The summed E-state index contributed by atoms with van der Waals surface area (Å²) < 4.78 is 5.28. The topological polar surface area (TPSA) is 72.5 Å². The van der Waals surface area contributed by atoms with Gasteiger partial charge in [0.25, 0.3) is 0 Å². The summed E-state index contributed by atoms with van der Waals surface area (Å²) in [6.45, 7) is 4.36. The number of thiocarbonyl (C=S) groups is 1. The standard InChI is InChI=1S/C10H14N4OS/c1-3-15-8-4-5-9(12-6-8)7(2)13-14-10(11)16/h4-6H,3H2,1-2H3,(H3,11,14,16)/b13-7+. The fourth-order valence-corrected chi connectivity index (χ4v) is 1.09. The molecule has 3 N–H and O–H groups in total. The second kappa shape index (κ2) is 6.02.